The van der Waals surface area contributed by atoms with Crippen molar-refractivity contribution in [1.29, 1.82) is 0 Å². The molecule has 0 rings (SSSR count). The lowest BCUT2D eigenvalue weighted by molar-refractivity contribution is -0.166. The number of carbonyl (C=O) groups excluding carboxylic acids is 3. The van der Waals surface area contributed by atoms with Crippen molar-refractivity contribution in [2.24, 2.45) is 0 Å². The number of allylic oxidation sites excluding steroid dienone is 14. The highest BCUT2D eigenvalue weighted by atomic mass is 16.6. The molecule has 6 nitrogen and oxygen atoms in total. The van der Waals surface area contributed by atoms with E-state index in [0.29, 0.717) is 19.3 Å². The van der Waals surface area contributed by atoms with Gasteiger partial charge in [0, 0.05) is 19.3 Å². The molecule has 0 spiro atoms. The van der Waals surface area contributed by atoms with Gasteiger partial charge in [-0.1, -0.05) is 202 Å². The van der Waals surface area contributed by atoms with Crippen LogP contribution in [0.4, 0.5) is 0 Å². The summed E-state index contributed by atoms with van der Waals surface area (Å²) in [6.45, 7) is 6.43. The molecule has 0 fully saturated rings. The molecule has 0 bridgehead atoms. The van der Waals surface area contributed by atoms with Crippen LogP contribution in [0.3, 0.4) is 0 Å². The number of ether oxygens (including phenoxy) is 3. The third-order valence-electron chi connectivity index (χ3n) is 10.9. The molecule has 0 aliphatic rings. The molecular formula is C57H96O6. The predicted octanol–water partition coefficient (Wildman–Crippen LogP) is 17.2. The van der Waals surface area contributed by atoms with Gasteiger partial charge in [0.15, 0.2) is 6.10 Å². The maximum atomic E-state index is 12.7. The van der Waals surface area contributed by atoms with Crippen LogP contribution in [-0.4, -0.2) is 37.2 Å². The van der Waals surface area contributed by atoms with Crippen molar-refractivity contribution in [3.8, 4) is 0 Å². The van der Waals surface area contributed by atoms with E-state index in [-0.39, 0.29) is 37.5 Å². The highest BCUT2D eigenvalue weighted by Crippen LogP contribution is 2.13. The Morgan fingerprint density at radius 3 is 1.06 bits per heavy atom. The van der Waals surface area contributed by atoms with Crippen molar-refractivity contribution in [2.75, 3.05) is 13.2 Å². The highest BCUT2D eigenvalue weighted by Gasteiger charge is 2.19. The third-order valence-corrected chi connectivity index (χ3v) is 10.9. The molecular weight excluding hydrogens is 781 g/mol. The lowest BCUT2D eigenvalue weighted by Gasteiger charge is -2.18. The van der Waals surface area contributed by atoms with Gasteiger partial charge in [-0.3, -0.25) is 14.4 Å². The minimum atomic E-state index is -0.818. The largest absolute Gasteiger partial charge is 0.462 e. The summed E-state index contributed by atoms with van der Waals surface area (Å²) >= 11 is 0. The van der Waals surface area contributed by atoms with E-state index in [1.54, 1.807) is 0 Å². The normalized spacial score (nSPS) is 12.7. The number of unbranched alkanes of at least 4 members (excludes halogenated alkanes) is 21. The van der Waals surface area contributed by atoms with Gasteiger partial charge in [-0.05, 0) is 103 Å². The Balaban J connectivity index is 4.46. The van der Waals surface area contributed by atoms with Gasteiger partial charge in [0.05, 0.1) is 0 Å². The predicted molar refractivity (Wildman–Crippen MR) is 270 cm³/mol. The van der Waals surface area contributed by atoms with E-state index in [2.05, 4.69) is 99.8 Å². The summed E-state index contributed by atoms with van der Waals surface area (Å²) in [7, 11) is 0. The molecule has 1 unspecified atom stereocenters. The SMILES string of the molecule is CC/C=C\C/C=C\C/C=C\C/C=C\CCCCCCCCC(=O)OCC(COC(=O)CCCCC/C=C\CCCCCCCC)OC(=O)CC/C=C\C/C=C\CCCCCCCC. The summed E-state index contributed by atoms with van der Waals surface area (Å²) in [5.41, 5.74) is 0. The summed E-state index contributed by atoms with van der Waals surface area (Å²) in [6.07, 6.45) is 65.8. The van der Waals surface area contributed by atoms with Gasteiger partial charge < -0.3 is 14.2 Å². The first-order valence-electron chi connectivity index (χ1n) is 26.1. The summed E-state index contributed by atoms with van der Waals surface area (Å²) in [4.78, 5) is 37.9. The van der Waals surface area contributed by atoms with Gasteiger partial charge in [0.1, 0.15) is 13.2 Å². The van der Waals surface area contributed by atoms with E-state index in [1.165, 1.54) is 89.9 Å². The minimum absolute atomic E-state index is 0.112. The molecule has 0 N–H and O–H groups in total. The van der Waals surface area contributed by atoms with Crippen LogP contribution in [0.25, 0.3) is 0 Å². The molecule has 0 amide bonds. The molecule has 0 saturated heterocycles. The molecule has 1 atom stereocenters. The fourth-order valence-corrected chi connectivity index (χ4v) is 6.95. The summed E-state index contributed by atoms with van der Waals surface area (Å²) in [6, 6.07) is 0. The average molecular weight is 877 g/mol. The monoisotopic (exact) mass is 877 g/mol. The van der Waals surface area contributed by atoms with Crippen LogP contribution >= 0.6 is 0 Å². The zero-order valence-corrected chi connectivity index (χ0v) is 41.1. The van der Waals surface area contributed by atoms with Gasteiger partial charge in [-0.2, -0.15) is 0 Å². The van der Waals surface area contributed by atoms with Crippen molar-refractivity contribution in [3.63, 3.8) is 0 Å². The van der Waals surface area contributed by atoms with Gasteiger partial charge in [0.2, 0.25) is 0 Å². The van der Waals surface area contributed by atoms with Crippen molar-refractivity contribution in [1.82, 2.24) is 0 Å². The van der Waals surface area contributed by atoms with Gasteiger partial charge in [-0.15, -0.1) is 0 Å². The topological polar surface area (TPSA) is 78.9 Å². The van der Waals surface area contributed by atoms with Crippen LogP contribution in [0.2, 0.25) is 0 Å². The smallest absolute Gasteiger partial charge is 0.306 e. The number of carbonyl (C=O) groups is 3. The fraction of sp³-hybridized carbons (Fsp3) is 0.702. The van der Waals surface area contributed by atoms with Crippen LogP contribution in [0, 0.1) is 0 Å². The third kappa shape index (κ3) is 49.5. The second kappa shape index (κ2) is 51.2. The average Bonchev–Trinajstić information content (AvgIpc) is 3.28. The maximum absolute atomic E-state index is 12.7. The second-order valence-electron chi connectivity index (χ2n) is 17.0. The van der Waals surface area contributed by atoms with Gasteiger partial charge >= 0.3 is 17.9 Å². The van der Waals surface area contributed by atoms with Gasteiger partial charge in [-0.25, -0.2) is 0 Å². The van der Waals surface area contributed by atoms with Crippen molar-refractivity contribution >= 4 is 17.9 Å². The van der Waals surface area contributed by atoms with E-state index in [4.69, 9.17) is 14.2 Å². The summed E-state index contributed by atoms with van der Waals surface area (Å²) in [5, 5.41) is 0. The Hall–Kier alpha value is -3.41. The highest BCUT2D eigenvalue weighted by molar-refractivity contribution is 5.71. The summed E-state index contributed by atoms with van der Waals surface area (Å²) in [5.74, 6) is -1.01. The fourth-order valence-electron chi connectivity index (χ4n) is 6.95. The second-order valence-corrected chi connectivity index (χ2v) is 17.0. The van der Waals surface area contributed by atoms with E-state index < -0.39 is 6.10 Å². The van der Waals surface area contributed by atoms with E-state index in [0.717, 1.165) is 103 Å². The molecule has 0 heterocycles. The van der Waals surface area contributed by atoms with Crippen LogP contribution in [0.1, 0.15) is 239 Å². The van der Waals surface area contributed by atoms with Crippen molar-refractivity contribution in [3.05, 3.63) is 85.1 Å². The molecule has 0 radical (unpaired) electrons. The molecule has 0 aromatic rings. The molecule has 0 aromatic heterocycles. The van der Waals surface area contributed by atoms with Gasteiger partial charge in [0.25, 0.3) is 0 Å². The van der Waals surface area contributed by atoms with Crippen molar-refractivity contribution in [2.45, 2.75) is 245 Å². The Bertz CT molecular complexity index is 1240. The maximum Gasteiger partial charge on any atom is 0.306 e. The Kier molecular flexibility index (Phi) is 48.5. The number of esters is 3. The first-order chi connectivity index (χ1) is 31.0. The number of rotatable bonds is 46. The Morgan fingerprint density at radius 1 is 0.333 bits per heavy atom. The summed E-state index contributed by atoms with van der Waals surface area (Å²) < 4.78 is 16.7. The van der Waals surface area contributed by atoms with E-state index in [9.17, 15) is 14.4 Å². The molecule has 360 valence electrons. The minimum Gasteiger partial charge on any atom is -0.462 e. The molecule has 0 saturated carbocycles. The molecule has 0 aliphatic heterocycles. The zero-order chi connectivity index (χ0) is 45.8. The quantitative estimate of drug-likeness (QED) is 0.0262. The van der Waals surface area contributed by atoms with Crippen LogP contribution in [0.15, 0.2) is 85.1 Å². The Labute approximate surface area is 388 Å². The van der Waals surface area contributed by atoms with Crippen molar-refractivity contribution < 1.29 is 28.6 Å². The zero-order valence-electron chi connectivity index (χ0n) is 41.1. The lowest BCUT2D eigenvalue weighted by Crippen LogP contribution is -2.30. The Morgan fingerprint density at radius 2 is 0.651 bits per heavy atom. The number of hydrogen-bond acceptors (Lipinski definition) is 6. The molecule has 0 aromatic carbocycles. The first-order valence-corrected chi connectivity index (χ1v) is 26.1. The standard InChI is InChI=1S/C57H96O6/c1-4-7-10-13-16-19-22-25-26-27-28-29-30-33-35-38-41-44-47-50-56(59)62-53-54(63-57(60)51-48-45-42-39-36-32-24-21-18-15-12-9-6-3)52-61-55(58)49-46-43-40-37-34-31-23-20-17-14-11-8-5-2/h7,10,16,19,25-26,28-29,31-32,34,36,42,45,54H,4-6,8-9,11-15,17-18,20-24,27,30,33,35,37-41,43-44,46-53H2,1-3H3/b10-7-,19-16-,26-25-,29-28-,34-31-,36-32-,45-42-. The lowest BCUT2D eigenvalue weighted by atomic mass is 10.1. The first kappa shape index (κ1) is 59.6. The molecule has 6 heteroatoms. The van der Waals surface area contributed by atoms with E-state index in [1.807, 2.05) is 6.08 Å². The number of hydrogen-bond donors (Lipinski definition) is 0. The van der Waals surface area contributed by atoms with Crippen LogP contribution in [-0.2, 0) is 28.6 Å². The molecule has 0 aliphatic carbocycles. The van der Waals surface area contributed by atoms with Crippen LogP contribution < -0.4 is 0 Å². The van der Waals surface area contributed by atoms with E-state index >= 15 is 0 Å². The molecule has 63 heavy (non-hydrogen) atoms. The van der Waals surface area contributed by atoms with Crippen LogP contribution in [0.5, 0.6) is 0 Å².